The van der Waals surface area contributed by atoms with Crippen molar-refractivity contribution in [2.45, 2.75) is 4.90 Å². The van der Waals surface area contributed by atoms with Crippen molar-refractivity contribution in [2.24, 2.45) is 0 Å². The molecule has 4 aromatic rings. The molecule has 0 saturated heterocycles. The SMILES string of the molecule is O=C(Nc1cccc2cccnc12)c1ccc(Cl)c(NS(=O)(=O)c2ccc(F)cc2)c1. The van der Waals surface area contributed by atoms with E-state index in [2.05, 4.69) is 15.0 Å². The Balaban J connectivity index is 1.61. The number of amides is 1. The summed E-state index contributed by atoms with van der Waals surface area (Å²) in [4.78, 5) is 16.9. The third-order valence-corrected chi connectivity index (χ3v) is 6.19. The summed E-state index contributed by atoms with van der Waals surface area (Å²) in [6.07, 6.45) is 1.63. The number of halogens is 2. The maximum absolute atomic E-state index is 13.1. The Morgan fingerprint density at radius 1 is 0.935 bits per heavy atom. The van der Waals surface area contributed by atoms with E-state index in [9.17, 15) is 17.6 Å². The topological polar surface area (TPSA) is 88.2 Å². The van der Waals surface area contributed by atoms with Crippen LogP contribution in [0.3, 0.4) is 0 Å². The van der Waals surface area contributed by atoms with Crippen LogP contribution in [0, 0.1) is 5.82 Å². The molecule has 0 radical (unpaired) electrons. The fraction of sp³-hybridized carbons (Fsp3) is 0. The van der Waals surface area contributed by atoms with E-state index in [-0.39, 0.29) is 21.2 Å². The molecule has 4 rings (SSSR count). The number of nitrogens with one attached hydrogen (secondary N) is 2. The van der Waals surface area contributed by atoms with E-state index in [0.29, 0.717) is 11.2 Å². The summed E-state index contributed by atoms with van der Waals surface area (Å²) in [6, 6.07) is 17.6. The normalized spacial score (nSPS) is 11.3. The summed E-state index contributed by atoms with van der Waals surface area (Å²) in [5.74, 6) is -1.02. The minimum atomic E-state index is -4.03. The zero-order chi connectivity index (χ0) is 22.0. The van der Waals surface area contributed by atoms with Gasteiger partial charge in [-0.1, -0.05) is 29.8 Å². The van der Waals surface area contributed by atoms with E-state index >= 15 is 0 Å². The van der Waals surface area contributed by atoms with Crippen LogP contribution in [-0.4, -0.2) is 19.3 Å². The number of nitrogens with zero attached hydrogens (tertiary/aromatic N) is 1. The molecular formula is C22H15ClFN3O3S. The Hall–Kier alpha value is -3.49. The molecular weight excluding hydrogens is 441 g/mol. The number of fused-ring (bicyclic) bond motifs is 1. The first-order valence-corrected chi connectivity index (χ1v) is 10.9. The van der Waals surface area contributed by atoms with Gasteiger partial charge in [0.15, 0.2) is 0 Å². The van der Waals surface area contributed by atoms with Gasteiger partial charge in [0.25, 0.3) is 15.9 Å². The van der Waals surface area contributed by atoms with Crippen LogP contribution in [0.25, 0.3) is 10.9 Å². The molecule has 6 nitrogen and oxygen atoms in total. The molecule has 0 spiro atoms. The molecule has 1 heterocycles. The molecule has 0 saturated carbocycles. The second-order valence-corrected chi connectivity index (χ2v) is 8.68. The third-order valence-electron chi connectivity index (χ3n) is 4.48. The zero-order valence-electron chi connectivity index (χ0n) is 15.8. The molecule has 31 heavy (non-hydrogen) atoms. The maximum atomic E-state index is 13.1. The molecule has 1 amide bonds. The number of hydrogen-bond acceptors (Lipinski definition) is 4. The summed E-state index contributed by atoms with van der Waals surface area (Å²) in [5.41, 5.74) is 1.36. The van der Waals surface area contributed by atoms with Gasteiger partial charge in [-0.3, -0.25) is 14.5 Å². The fourth-order valence-electron chi connectivity index (χ4n) is 2.96. The van der Waals surface area contributed by atoms with Crippen molar-refractivity contribution in [3.8, 4) is 0 Å². The molecule has 0 aliphatic carbocycles. The number of carbonyl (C=O) groups is 1. The van der Waals surface area contributed by atoms with E-state index in [1.165, 1.54) is 18.2 Å². The number of sulfonamides is 1. The molecule has 0 bridgehead atoms. The lowest BCUT2D eigenvalue weighted by Crippen LogP contribution is -2.16. The summed E-state index contributed by atoms with van der Waals surface area (Å²) >= 11 is 6.13. The van der Waals surface area contributed by atoms with Gasteiger partial charge in [-0.05, 0) is 54.6 Å². The van der Waals surface area contributed by atoms with Crippen molar-refractivity contribution >= 4 is 49.8 Å². The first-order valence-electron chi connectivity index (χ1n) is 9.06. The van der Waals surface area contributed by atoms with Crippen LogP contribution in [0.4, 0.5) is 15.8 Å². The summed E-state index contributed by atoms with van der Waals surface area (Å²) in [7, 11) is -4.03. The fourth-order valence-corrected chi connectivity index (χ4v) is 4.25. The highest BCUT2D eigenvalue weighted by Crippen LogP contribution is 2.27. The lowest BCUT2D eigenvalue weighted by Gasteiger charge is -2.12. The van der Waals surface area contributed by atoms with Gasteiger partial charge in [0.1, 0.15) is 5.82 Å². The predicted molar refractivity (Wildman–Crippen MR) is 118 cm³/mol. The molecule has 0 fully saturated rings. The predicted octanol–water partition coefficient (Wildman–Crippen LogP) is 5.08. The lowest BCUT2D eigenvalue weighted by atomic mass is 10.1. The van der Waals surface area contributed by atoms with Crippen LogP contribution in [0.5, 0.6) is 0 Å². The lowest BCUT2D eigenvalue weighted by molar-refractivity contribution is 0.102. The second-order valence-electron chi connectivity index (χ2n) is 6.59. The number of rotatable bonds is 5. The number of benzene rings is 3. The van der Waals surface area contributed by atoms with Gasteiger partial charge in [-0.15, -0.1) is 0 Å². The summed E-state index contributed by atoms with van der Waals surface area (Å²) in [6.45, 7) is 0. The first kappa shape index (κ1) is 20.8. The number of pyridine rings is 1. The highest BCUT2D eigenvalue weighted by Gasteiger charge is 2.18. The van der Waals surface area contributed by atoms with Gasteiger partial charge in [0.05, 0.1) is 26.8 Å². The molecule has 0 aliphatic rings. The smallest absolute Gasteiger partial charge is 0.261 e. The van der Waals surface area contributed by atoms with Gasteiger partial charge < -0.3 is 5.32 Å². The molecule has 0 unspecified atom stereocenters. The Labute approximate surface area is 182 Å². The van der Waals surface area contributed by atoms with Crippen molar-refractivity contribution in [2.75, 3.05) is 10.0 Å². The van der Waals surface area contributed by atoms with Crippen LogP contribution < -0.4 is 10.0 Å². The van der Waals surface area contributed by atoms with Crippen LogP contribution in [-0.2, 0) is 10.0 Å². The zero-order valence-corrected chi connectivity index (χ0v) is 17.4. The Morgan fingerprint density at radius 3 is 2.45 bits per heavy atom. The second kappa shape index (κ2) is 8.33. The van der Waals surface area contributed by atoms with E-state index in [1.807, 2.05) is 12.1 Å². The minimum Gasteiger partial charge on any atom is -0.320 e. The number of aromatic nitrogens is 1. The molecule has 156 valence electrons. The Bertz CT molecular complexity index is 1390. The standard InChI is InChI=1S/C22H15ClFN3O3S/c23-18-11-6-15(13-20(18)27-31(29,30)17-9-7-16(24)8-10-17)22(28)26-19-5-1-3-14-4-2-12-25-21(14)19/h1-13,27H,(H,26,28). The van der Waals surface area contributed by atoms with Crippen molar-refractivity contribution in [1.82, 2.24) is 4.98 Å². The highest BCUT2D eigenvalue weighted by atomic mass is 35.5. The van der Waals surface area contributed by atoms with Crippen LogP contribution in [0.2, 0.25) is 5.02 Å². The Kier molecular flexibility index (Phi) is 5.58. The van der Waals surface area contributed by atoms with Crippen molar-refractivity contribution in [3.05, 3.63) is 95.4 Å². The van der Waals surface area contributed by atoms with Gasteiger partial charge >= 0.3 is 0 Å². The van der Waals surface area contributed by atoms with E-state index in [0.717, 1.165) is 29.7 Å². The van der Waals surface area contributed by atoms with Gasteiger partial charge in [-0.25, -0.2) is 12.8 Å². The minimum absolute atomic E-state index is 0.0229. The van der Waals surface area contributed by atoms with E-state index < -0.39 is 21.7 Å². The molecule has 0 aliphatic heterocycles. The summed E-state index contributed by atoms with van der Waals surface area (Å²) < 4.78 is 40.6. The van der Waals surface area contributed by atoms with Gasteiger partial charge in [0, 0.05) is 17.1 Å². The van der Waals surface area contributed by atoms with Crippen LogP contribution in [0.15, 0.2) is 83.9 Å². The van der Waals surface area contributed by atoms with Crippen molar-refractivity contribution in [3.63, 3.8) is 0 Å². The first-order chi connectivity index (χ1) is 14.8. The number of carbonyl (C=O) groups excluding carboxylic acids is 1. The quantitative estimate of drug-likeness (QED) is 0.439. The van der Waals surface area contributed by atoms with Crippen LogP contribution in [0.1, 0.15) is 10.4 Å². The molecule has 1 aromatic heterocycles. The maximum Gasteiger partial charge on any atom is 0.261 e. The van der Waals surface area contributed by atoms with Gasteiger partial charge in [-0.2, -0.15) is 0 Å². The number of anilines is 2. The summed E-state index contributed by atoms with van der Waals surface area (Å²) in [5, 5.41) is 3.76. The third kappa shape index (κ3) is 4.50. The molecule has 3 aromatic carbocycles. The molecule has 2 N–H and O–H groups in total. The Morgan fingerprint density at radius 2 is 1.68 bits per heavy atom. The highest BCUT2D eigenvalue weighted by molar-refractivity contribution is 7.92. The van der Waals surface area contributed by atoms with E-state index in [4.69, 9.17) is 11.6 Å². The average molecular weight is 456 g/mol. The molecule has 9 heteroatoms. The van der Waals surface area contributed by atoms with Gasteiger partial charge in [0.2, 0.25) is 0 Å². The van der Waals surface area contributed by atoms with Crippen molar-refractivity contribution in [1.29, 1.82) is 0 Å². The molecule has 0 atom stereocenters. The average Bonchev–Trinajstić information content (AvgIpc) is 2.75. The number of hydrogen-bond donors (Lipinski definition) is 2. The largest absolute Gasteiger partial charge is 0.320 e. The van der Waals surface area contributed by atoms with Crippen molar-refractivity contribution < 1.29 is 17.6 Å². The van der Waals surface area contributed by atoms with E-state index in [1.54, 1.807) is 24.4 Å². The monoisotopic (exact) mass is 455 g/mol. The van der Waals surface area contributed by atoms with Crippen LogP contribution >= 0.6 is 11.6 Å². The number of para-hydroxylation sites is 1.